The van der Waals surface area contributed by atoms with Gasteiger partial charge in [-0.05, 0) is 78.8 Å². The van der Waals surface area contributed by atoms with E-state index < -0.39 is 11.7 Å². The molecule has 0 atom stereocenters. The Morgan fingerprint density at radius 3 is 2.32 bits per heavy atom. The van der Waals surface area contributed by atoms with Crippen LogP contribution in [0, 0.1) is 11.7 Å². The Hall–Kier alpha value is -3.49. The lowest BCUT2D eigenvalue weighted by molar-refractivity contribution is 0.0976. The van der Waals surface area contributed by atoms with Crippen molar-refractivity contribution in [2.75, 3.05) is 17.2 Å². The normalized spacial score (nSPS) is 10.5. The number of carbonyl (C=O) groups is 2. The van der Waals surface area contributed by atoms with Gasteiger partial charge in [0.25, 0.3) is 11.8 Å². The van der Waals surface area contributed by atoms with Crippen molar-refractivity contribution in [2.24, 2.45) is 5.92 Å². The van der Waals surface area contributed by atoms with Crippen LogP contribution in [0.4, 0.5) is 15.8 Å². The first kappa shape index (κ1) is 25.1. The summed E-state index contributed by atoms with van der Waals surface area (Å²) in [6.45, 7) is 4.70. The van der Waals surface area contributed by atoms with Gasteiger partial charge in [-0.1, -0.05) is 31.5 Å². The zero-order valence-electron chi connectivity index (χ0n) is 18.5. The molecule has 3 aromatic carbocycles. The molecule has 6 nitrogen and oxygen atoms in total. The van der Waals surface area contributed by atoms with Crippen LogP contribution in [-0.4, -0.2) is 23.5 Å². The average molecular weight is 500 g/mol. The summed E-state index contributed by atoms with van der Waals surface area (Å²) in [7, 11) is 0. The molecule has 0 aromatic heterocycles. The number of anilines is 2. The third kappa shape index (κ3) is 7.26. The van der Waals surface area contributed by atoms with Crippen molar-refractivity contribution in [1.82, 2.24) is 5.32 Å². The maximum absolute atomic E-state index is 13.3. The first-order valence-corrected chi connectivity index (χ1v) is 11.2. The molecule has 0 aliphatic carbocycles. The van der Waals surface area contributed by atoms with Crippen molar-refractivity contribution in [1.29, 1.82) is 0 Å². The lowest BCUT2D eigenvalue weighted by Crippen LogP contribution is -2.34. The second-order valence-electron chi connectivity index (χ2n) is 7.80. The van der Waals surface area contributed by atoms with E-state index in [1.165, 1.54) is 18.2 Å². The quantitative estimate of drug-likeness (QED) is 0.353. The van der Waals surface area contributed by atoms with Crippen molar-refractivity contribution >= 4 is 52.1 Å². The summed E-state index contributed by atoms with van der Waals surface area (Å²) in [6.07, 6.45) is 0. The zero-order chi connectivity index (χ0) is 24.7. The van der Waals surface area contributed by atoms with Gasteiger partial charge in [0.15, 0.2) is 5.11 Å². The van der Waals surface area contributed by atoms with Gasteiger partial charge in [-0.2, -0.15) is 0 Å². The molecule has 0 radical (unpaired) electrons. The molecular formula is C25H23ClFN3O3S. The van der Waals surface area contributed by atoms with E-state index in [9.17, 15) is 14.0 Å². The van der Waals surface area contributed by atoms with Crippen LogP contribution in [0.5, 0.6) is 5.75 Å². The summed E-state index contributed by atoms with van der Waals surface area (Å²) < 4.78 is 18.9. The van der Waals surface area contributed by atoms with Gasteiger partial charge >= 0.3 is 0 Å². The highest BCUT2D eigenvalue weighted by atomic mass is 35.5. The molecule has 34 heavy (non-hydrogen) atoms. The third-order valence-corrected chi connectivity index (χ3v) is 4.98. The molecular weight excluding hydrogens is 477 g/mol. The number of thiocarbonyl (C=S) groups is 1. The third-order valence-electron chi connectivity index (χ3n) is 4.49. The van der Waals surface area contributed by atoms with Gasteiger partial charge in [0.05, 0.1) is 11.6 Å². The van der Waals surface area contributed by atoms with E-state index in [0.717, 1.165) is 0 Å². The number of amides is 2. The molecule has 3 rings (SSSR count). The second-order valence-corrected chi connectivity index (χ2v) is 8.62. The molecule has 0 bridgehead atoms. The summed E-state index contributed by atoms with van der Waals surface area (Å²) in [5, 5.41) is 8.13. The van der Waals surface area contributed by atoms with Gasteiger partial charge in [-0.25, -0.2) is 4.39 Å². The Kier molecular flexibility index (Phi) is 8.56. The number of benzene rings is 3. The van der Waals surface area contributed by atoms with E-state index in [1.54, 1.807) is 48.5 Å². The predicted molar refractivity (Wildman–Crippen MR) is 136 cm³/mol. The Balaban J connectivity index is 1.57. The molecule has 3 N–H and O–H groups in total. The average Bonchev–Trinajstić information content (AvgIpc) is 2.80. The fraction of sp³-hybridized carbons (Fsp3) is 0.160. The highest BCUT2D eigenvalue weighted by Crippen LogP contribution is 2.20. The molecule has 0 spiro atoms. The Labute approximate surface area is 207 Å². The monoisotopic (exact) mass is 499 g/mol. The highest BCUT2D eigenvalue weighted by Gasteiger charge is 2.11. The lowest BCUT2D eigenvalue weighted by atomic mass is 10.2. The van der Waals surface area contributed by atoms with Crippen LogP contribution in [0.2, 0.25) is 5.02 Å². The van der Waals surface area contributed by atoms with Crippen LogP contribution >= 0.6 is 23.8 Å². The van der Waals surface area contributed by atoms with E-state index in [2.05, 4.69) is 29.8 Å². The van der Waals surface area contributed by atoms with Crippen molar-refractivity contribution < 1.29 is 18.7 Å². The SMILES string of the molecule is CC(C)COc1ccc(C(=O)NC(=S)Nc2cccc(C(=O)Nc3ccc(F)c(Cl)c3)c2)cc1. The van der Waals surface area contributed by atoms with Gasteiger partial charge in [0.2, 0.25) is 0 Å². The van der Waals surface area contributed by atoms with E-state index in [4.69, 9.17) is 28.6 Å². The molecule has 0 heterocycles. The van der Waals surface area contributed by atoms with Crippen LogP contribution in [0.15, 0.2) is 66.7 Å². The highest BCUT2D eigenvalue weighted by molar-refractivity contribution is 7.80. The minimum atomic E-state index is -0.572. The number of carbonyl (C=O) groups excluding carboxylic acids is 2. The van der Waals surface area contributed by atoms with Gasteiger partial charge < -0.3 is 15.4 Å². The number of halogens is 2. The van der Waals surface area contributed by atoms with Crippen LogP contribution in [0.1, 0.15) is 34.6 Å². The van der Waals surface area contributed by atoms with Crippen molar-refractivity contribution in [3.05, 3.63) is 88.7 Å². The van der Waals surface area contributed by atoms with E-state index in [1.807, 2.05) is 0 Å². The number of hydrogen-bond acceptors (Lipinski definition) is 4. The molecule has 0 fully saturated rings. The first-order valence-electron chi connectivity index (χ1n) is 10.4. The molecule has 0 aliphatic heterocycles. The van der Waals surface area contributed by atoms with Gasteiger partial charge in [-0.3, -0.25) is 14.9 Å². The molecule has 0 saturated heterocycles. The van der Waals surface area contributed by atoms with Crippen LogP contribution < -0.4 is 20.7 Å². The van der Waals surface area contributed by atoms with Gasteiger partial charge in [0.1, 0.15) is 11.6 Å². The largest absolute Gasteiger partial charge is 0.493 e. The standard InChI is InChI=1S/C25H23ClFN3O3S/c1-15(2)14-33-20-9-6-16(7-10-20)23(31)30-25(34)29-18-5-3-4-17(12-18)24(32)28-19-8-11-22(27)21(26)13-19/h3-13,15H,14H2,1-2H3,(H,28,32)(H2,29,30,31,34). The summed E-state index contributed by atoms with van der Waals surface area (Å²) in [5.74, 6) is -0.283. The number of nitrogens with one attached hydrogen (secondary N) is 3. The molecule has 176 valence electrons. The van der Waals surface area contributed by atoms with E-state index in [0.29, 0.717) is 40.8 Å². The molecule has 0 aliphatic rings. The fourth-order valence-corrected chi connectivity index (χ4v) is 3.21. The number of ether oxygens (including phenoxy) is 1. The van der Waals surface area contributed by atoms with Gasteiger partial charge in [-0.15, -0.1) is 0 Å². The summed E-state index contributed by atoms with van der Waals surface area (Å²) >= 11 is 11.0. The van der Waals surface area contributed by atoms with Crippen LogP contribution in [-0.2, 0) is 0 Å². The predicted octanol–water partition coefficient (Wildman–Crippen LogP) is 5.89. The van der Waals surface area contributed by atoms with Crippen LogP contribution in [0.3, 0.4) is 0 Å². The van der Waals surface area contributed by atoms with E-state index >= 15 is 0 Å². The first-order chi connectivity index (χ1) is 16.2. The summed E-state index contributed by atoms with van der Waals surface area (Å²) in [4.78, 5) is 25.0. The Morgan fingerprint density at radius 2 is 1.65 bits per heavy atom. The maximum Gasteiger partial charge on any atom is 0.257 e. The molecule has 2 amide bonds. The van der Waals surface area contributed by atoms with Crippen molar-refractivity contribution in [3.63, 3.8) is 0 Å². The van der Waals surface area contributed by atoms with Gasteiger partial charge in [0, 0.05) is 22.5 Å². The minimum Gasteiger partial charge on any atom is -0.493 e. The summed E-state index contributed by atoms with van der Waals surface area (Å²) in [5.41, 5.74) is 1.62. The lowest BCUT2D eigenvalue weighted by Gasteiger charge is -2.12. The summed E-state index contributed by atoms with van der Waals surface area (Å²) in [6, 6.07) is 17.2. The maximum atomic E-state index is 13.3. The number of hydrogen-bond donors (Lipinski definition) is 3. The Morgan fingerprint density at radius 1 is 0.941 bits per heavy atom. The van der Waals surface area contributed by atoms with Crippen molar-refractivity contribution in [2.45, 2.75) is 13.8 Å². The molecule has 3 aromatic rings. The molecule has 0 saturated carbocycles. The molecule has 0 unspecified atom stereocenters. The smallest absolute Gasteiger partial charge is 0.257 e. The topological polar surface area (TPSA) is 79.5 Å². The van der Waals surface area contributed by atoms with Crippen LogP contribution in [0.25, 0.3) is 0 Å². The second kappa shape index (κ2) is 11.6. The zero-order valence-corrected chi connectivity index (χ0v) is 20.1. The minimum absolute atomic E-state index is 0.0769. The fourth-order valence-electron chi connectivity index (χ4n) is 2.82. The Bertz CT molecular complexity index is 1200. The number of rotatable bonds is 7. The van der Waals surface area contributed by atoms with E-state index in [-0.39, 0.29) is 16.0 Å². The molecule has 9 heteroatoms. The van der Waals surface area contributed by atoms with Crippen molar-refractivity contribution in [3.8, 4) is 5.75 Å².